The minimum Gasteiger partial charge on any atom is -0.437 e. The van der Waals surface area contributed by atoms with Gasteiger partial charge in [0.25, 0.3) is 0 Å². The second-order valence-corrected chi connectivity index (χ2v) is 3.87. The lowest BCUT2D eigenvalue weighted by molar-refractivity contribution is 0.123. The molecule has 0 aliphatic carbocycles. The predicted molar refractivity (Wildman–Crippen MR) is 59.3 cm³/mol. The van der Waals surface area contributed by atoms with Crippen LogP contribution in [-0.2, 0) is 4.74 Å². The van der Waals surface area contributed by atoms with Crippen molar-refractivity contribution in [3.05, 3.63) is 24.3 Å². The number of methoxy groups -OCH3 is 1. The first-order valence-electron chi connectivity index (χ1n) is 4.25. The number of thiophene rings is 1. The maximum Gasteiger partial charge on any atom is 0.514 e. The van der Waals surface area contributed by atoms with Crippen LogP contribution in [0.2, 0.25) is 0 Å². The molecule has 1 aromatic heterocycles. The van der Waals surface area contributed by atoms with Gasteiger partial charge in [-0.15, -0.1) is 0 Å². The third kappa shape index (κ3) is 1.73. The number of fused-ring (bicyclic) bond motifs is 1. The molecule has 0 saturated heterocycles. The van der Waals surface area contributed by atoms with E-state index in [2.05, 4.69) is 4.74 Å². The Morgan fingerprint density at radius 2 is 2.13 bits per heavy atom. The Kier molecular flexibility index (Phi) is 2.47. The van der Waals surface area contributed by atoms with Crippen LogP contribution in [0.1, 0.15) is 0 Å². The fraction of sp³-hybridized carbons (Fsp3) is 0.100. The van der Waals surface area contributed by atoms with Gasteiger partial charge in [0.1, 0.15) is 0 Å². The standard InChI is InChI=1S/C10H9NO3S/c1-13-10(12)14-9-8(11)6-4-2-3-5-7(6)15-9/h2-5H,11H2,1H3. The van der Waals surface area contributed by atoms with Crippen molar-refractivity contribution in [3.8, 4) is 5.06 Å². The molecule has 0 unspecified atom stereocenters. The van der Waals surface area contributed by atoms with Crippen molar-refractivity contribution in [2.24, 2.45) is 0 Å². The minimum absolute atomic E-state index is 0.378. The molecule has 0 radical (unpaired) electrons. The number of benzene rings is 1. The lowest BCUT2D eigenvalue weighted by atomic mass is 10.2. The summed E-state index contributed by atoms with van der Waals surface area (Å²) in [5, 5.41) is 1.27. The van der Waals surface area contributed by atoms with Crippen LogP contribution in [0.4, 0.5) is 10.5 Å². The first-order chi connectivity index (χ1) is 7.22. The molecule has 1 aromatic carbocycles. The highest BCUT2D eigenvalue weighted by Crippen LogP contribution is 2.39. The zero-order valence-electron chi connectivity index (χ0n) is 8.02. The Hall–Kier alpha value is -1.75. The van der Waals surface area contributed by atoms with Gasteiger partial charge in [-0.2, -0.15) is 0 Å². The zero-order valence-corrected chi connectivity index (χ0v) is 8.84. The van der Waals surface area contributed by atoms with Gasteiger partial charge >= 0.3 is 6.16 Å². The third-order valence-electron chi connectivity index (χ3n) is 1.94. The Labute approximate surface area is 90.2 Å². The number of ether oxygens (including phenoxy) is 2. The van der Waals surface area contributed by atoms with Gasteiger partial charge < -0.3 is 15.2 Å². The maximum absolute atomic E-state index is 10.9. The molecule has 0 aliphatic heterocycles. The van der Waals surface area contributed by atoms with Gasteiger partial charge in [0.05, 0.1) is 12.8 Å². The van der Waals surface area contributed by atoms with Crippen LogP contribution in [0, 0.1) is 0 Å². The molecule has 2 aromatic rings. The molecule has 78 valence electrons. The quantitative estimate of drug-likeness (QED) is 0.755. The first-order valence-corrected chi connectivity index (χ1v) is 5.07. The molecule has 0 aliphatic rings. The summed E-state index contributed by atoms with van der Waals surface area (Å²) >= 11 is 1.32. The van der Waals surface area contributed by atoms with E-state index in [4.69, 9.17) is 10.5 Å². The predicted octanol–water partition coefficient (Wildman–Crippen LogP) is 2.63. The maximum atomic E-state index is 10.9. The van der Waals surface area contributed by atoms with Crippen LogP contribution in [0.25, 0.3) is 10.1 Å². The van der Waals surface area contributed by atoms with Gasteiger partial charge in [0.2, 0.25) is 5.06 Å². The molecule has 2 rings (SSSR count). The van der Waals surface area contributed by atoms with Crippen LogP contribution in [0.5, 0.6) is 5.06 Å². The number of hydrogen-bond donors (Lipinski definition) is 1. The number of carbonyl (C=O) groups excluding carboxylic acids is 1. The minimum atomic E-state index is -0.756. The molecular weight excluding hydrogens is 214 g/mol. The molecule has 1 heterocycles. The van der Waals surface area contributed by atoms with Crippen molar-refractivity contribution in [2.75, 3.05) is 12.8 Å². The Balaban J connectivity index is 2.44. The highest BCUT2D eigenvalue weighted by molar-refractivity contribution is 7.21. The summed E-state index contributed by atoms with van der Waals surface area (Å²) in [6, 6.07) is 7.58. The summed E-state index contributed by atoms with van der Waals surface area (Å²) in [7, 11) is 1.26. The third-order valence-corrected chi connectivity index (χ3v) is 3.01. The van der Waals surface area contributed by atoms with Crippen LogP contribution in [-0.4, -0.2) is 13.3 Å². The monoisotopic (exact) mass is 223 g/mol. The number of carbonyl (C=O) groups is 1. The highest BCUT2D eigenvalue weighted by atomic mass is 32.1. The molecule has 0 amide bonds. The molecule has 0 spiro atoms. The van der Waals surface area contributed by atoms with E-state index in [1.165, 1.54) is 18.4 Å². The van der Waals surface area contributed by atoms with Crippen molar-refractivity contribution < 1.29 is 14.3 Å². The zero-order chi connectivity index (χ0) is 10.8. The first kappa shape index (κ1) is 9.79. The SMILES string of the molecule is COC(=O)Oc1sc2ccccc2c1N. The normalized spacial score (nSPS) is 10.2. The number of anilines is 1. The second-order valence-electron chi connectivity index (χ2n) is 2.86. The van der Waals surface area contributed by atoms with E-state index in [1.807, 2.05) is 24.3 Å². The Morgan fingerprint density at radius 3 is 2.80 bits per heavy atom. The van der Waals surface area contributed by atoms with Crippen LogP contribution >= 0.6 is 11.3 Å². The summed E-state index contributed by atoms with van der Waals surface area (Å²) in [6.45, 7) is 0. The van der Waals surface area contributed by atoms with Crippen LogP contribution in [0.3, 0.4) is 0 Å². The van der Waals surface area contributed by atoms with Gasteiger partial charge in [-0.05, 0) is 6.07 Å². The number of hydrogen-bond acceptors (Lipinski definition) is 5. The van der Waals surface area contributed by atoms with E-state index >= 15 is 0 Å². The Morgan fingerprint density at radius 1 is 1.40 bits per heavy atom. The molecule has 0 saturated carbocycles. The second kappa shape index (κ2) is 3.78. The molecule has 0 atom stereocenters. The van der Waals surface area contributed by atoms with Crippen LogP contribution in [0.15, 0.2) is 24.3 Å². The Bertz CT molecular complexity index is 506. The van der Waals surface area contributed by atoms with E-state index in [0.29, 0.717) is 10.8 Å². The summed E-state index contributed by atoms with van der Waals surface area (Å²) in [5.74, 6) is 0. The molecule has 15 heavy (non-hydrogen) atoms. The topological polar surface area (TPSA) is 61.5 Å². The number of rotatable bonds is 1. The van der Waals surface area contributed by atoms with Gasteiger partial charge in [0, 0.05) is 10.1 Å². The van der Waals surface area contributed by atoms with E-state index in [9.17, 15) is 4.79 Å². The summed E-state index contributed by atoms with van der Waals surface area (Å²) in [4.78, 5) is 10.9. The fourth-order valence-electron chi connectivity index (χ4n) is 1.24. The van der Waals surface area contributed by atoms with Gasteiger partial charge in [-0.1, -0.05) is 29.5 Å². The molecule has 0 fully saturated rings. The smallest absolute Gasteiger partial charge is 0.437 e. The van der Waals surface area contributed by atoms with Gasteiger partial charge in [0.15, 0.2) is 0 Å². The van der Waals surface area contributed by atoms with Crippen molar-refractivity contribution >= 4 is 33.3 Å². The molecule has 2 N–H and O–H groups in total. The lowest BCUT2D eigenvalue weighted by Gasteiger charge is -1.99. The van der Waals surface area contributed by atoms with Gasteiger partial charge in [-0.25, -0.2) is 4.79 Å². The van der Waals surface area contributed by atoms with Crippen molar-refractivity contribution in [1.29, 1.82) is 0 Å². The van der Waals surface area contributed by atoms with Crippen LogP contribution < -0.4 is 10.5 Å². The average Bonchev–Trinajstić information content (AvgIpc) is 2.57. The molecule has 0 bridgehead atoms. The van der Waals surface area contributed by atoms with Crippen molar-refractivity contribution in [2.45, 2.75) is 0 Å². The summed E-state index contributed by atoms with van der Waals surface area (Å²) in [6.07, 6.45) is -0.756. The number of nitrogen functional groups attached to an aromatic ring is 1. The number of nitrogens with two attached hydrogens (primary N) is 1. The van der Waals surface area contributed by atoms with E-state index in [-0.39, 0.29) is 0 Å². The molecule has 5 heteroatoms. The molecular formula is C10H9NO3S. The highest BCUT2D eigenvalue weighted by Gasteiger charge is 2.13. The van der Waals surface area contributed by atoms with Crippen molar-refractivity contribution in [1.82, 2.24) is 0 Å². The van der Waals surface area contributed by atoms with Gasteiger partial charge in [-0.3, -0.25) is 0 Å². The van der Waals surface area contributed by atoms with E-state index in [1.54, 1.807) is 0 Å². The largest absolute Gasteiger partial charge is 0.514 e. The summed E-state index contributed by atoms with van der Waals surface area (Å²) < 4.78 is 10.3. The van der Waals surface area contributed by atoms with E-state index < -0.39 is 6.16 Å². The fourth-order valence-corrected chi connectivity index (χ4v) is 2.20. The lowest BCUT2D eigenvalue weighted by Crippen LogP contribution is -2.07. The van der Waals surface area contributed by atoms with Crippen molar-refractivity contribution in [3.63, 3.8) is 0 Å². The molecule has 4 nitrogen and oxygen atoms in total. The average molecular weight is 223 g/mol. The summed E-state index contributed by atoms with van der Waals surface area (Å²) in [5.41, 5.74) is 6.29. The van der Waals surface area contributed by atoms with E-state index in [0.717, 1.165) is 10.1 Å².